The predicted octanol–water partition coefficient (Wildman–Crippen LogP) is 4.50. The highest BCUT2D eigenvalue weighted by Gasteiger charge is 2.44. The Bertz CT molecular complexity index is 430. The molecule has 1 aliphatic carbocycles. The van der Waals surface area contributed by atoms with E-state index < -0.39 is 5.60 Å². The van der Waals surface area contributed by atoms with Crippen molar-refractivity contribution in [2.75, 3.05) is 0 Å². The van der Waals surface area contributed by atoms with E-state index in [-0.39, 0.29) is 5.41 Å². The van der Waals surface area contributed by atoms with Gasteiger partial charge in [-0.1, -0.05) is 57.9 Å². The van der Waals surface area contributed by atoms with Crippen molar-refractivity contribution in [1.29, 1.82) is 0 Å². The molecule has 1 nitrogen and oxygen atoms in total. The Kier molecular flexibility index (Phi) is 4.06. The second kappa shape index (κ2) is 5.28. The van der Waals surface area contributed by atoms with Gasteiger partial charge in [0.1, 0.15) is 0 Å². The zero-order valence-corrected chi connectivity index (χ0v) is 12.9. The van der Waals surface area contributed by atoms with Gasteiger partial charge >= 0.3 is 0 Å². The summed E-state index contributed by atoms with van der Waals surface area (Å²) in [6, 6.07) is 8.47. The van der Waals surface area contributed by atoms with E-state index in [1.807, 2.05) is 0 Å². The van der Waals surface area contributed by atoms with Gasteiger partial charge in [0.25, 0.3) is 0 Å². The van der Waals surface area contributed by atoms with Crippen molar-refractivity contribution >= 4 is 0 Å². The molecule has 0 spiro atoms. The average Bonchev–Trinajstić information content (AvgIpc) is 2.31. The molecule has 0 amide bonds. The first-order valence-corrected chi connectivity index (χ1v) is 7.60. The number of aryl methyl sites for hydroxylation is 1. The van der Waals surface area contributed by atoms with Gasteiger partial charge in [-0.2, -0.15) is 0 Å². The molecular formula is C18H28O. The Morgan fingerprint density at radius 3 is 2.53 bits per heavy atom. The minimum Gasteiger partial charge on any atom is -0.389 e. The highest BCUT2D eigenvalue weighted by molar-refractivity contribution is 5.27. The van der Waals surface area contributed by atoms with Gasteiger partial charge in [-0.25, -0.2) is 0 Å². The summed E-state index contributed by atoms with van der Waals surface area (Å²) in [5, 5.41) is 11.2. The summed E-state index contributed by atoms with van der Waals surface area (Å²) in [5.74, 6) is 0.397. The molecule has 0 bridgehead atoms. The molecule has 0 aromatic heterocycles. The topological polar surface area (TPSA) is 20.2 Å². The molecule has 2 rings (SSSR count). The van der Waals surface area contributed by atoms with Crippen molar-refractivity contribution in [2.45, 2.75) is 65.4 Å². The summed E-state index contributed by atoms with van der Waals surface area (Å²) in [7, 11) is 0. The molecule has 2 unspecified atom stereocenters. The Labute approximate surface area is 118 Å². The van der Waals surface area contributed by atoms with E-state index in [1.54, 1.807) is 0 Å². The smallest absolute Gasteiger partial charge is 0.0721 e. The molecule has 19 heavy (non-hydrogen) atoms. The summed E-state index contributed by atoms with van der Waals surface area (Å²) in [6.45, 7) is 8.96. The third-order valence-electron chi connectivity index (χ3n) is 4.80. The molecule has 1 aromatic rings. The number of aliphatic hydroxyl groups is 1. The number of rotatable bonds is 2. The molecule has 0 aliphatic heterocycles. The second-order valence-corrected chi connectivity index (χ2v) is 7.37. The first-order chi connectivity index (χ1) is 8.83. The lowest BCUT2D eigenvalue weighted by molar-refractivity contribution is -0.0890. The maximum atomic E-state index is 11.2. The molecule has 1 N–H and O–H groups in total. The van der Waals surface area contributed by atoms with Gasteiger partial charge in [0.15, 0.2) is 0 Å². The van der Waals surface area contributed by atoms with Crippen molar-refractivity contribution in [3.63, 3.8) is 0 Å². The van der Waals surface area contributed by atoms with Gasteiger partial charge < -0.3 is 5.11 Å². The van der Waals surface area contributed by atoms with Crippen LogP contribution in [0.2, 0.25) is 0 Å². The lowest BCUT2D eigenvalue weighted by Crippen LogP contribution is -2.48. The van der Waals surface area contributed by atoms with Gasteiger partial charge in [0.2, 0.25) is 0 Å². The average molecular weight is 260 g/mol. The first-order valence-electron chi connectivity index (χ1n) is 7.60. The zero-order chi connectivity index (χ0) is 14.1. The number of hydrogen-bond acceptors (Lipinski definition) is 1. The van der Waals surface area contributed by atoms with Crippen LogP contribution >= 0.6 is 0 Å². The monoisotopic (exact) mass is 260 g/mol. The van der Waals surface area contributed by atoms with E-state index >= 15 is 0 Å². The molecule has 1 aliphatic rings. The summed E-state index contributed by atoms with van der Waals surface area (Å²) >= 11 is 0. The Hall–Kier alpha value is -0.820. The molecule has 0 heterocycles. The van der Waals surface area contributed by atoms with E-state index in [4.69, 9.17) is 0 Å². The molecule has 1 saturated carbocycles. The van der Waals surface area contributed by atoms with Crippen LogP contribution in [-0.4, -0.2) is 10.7 Å². The fraction of sp³-hybridized carbons (Fsp3) is 0.667. The summed E-state index contributed by atoms with van der Waals surface area (Å²) in [5.41, 5.74) is 2.26. The summed E-state index contributed by atoms with van der Waals surface area (Å²) in [4.78, 5) is 0. The molecule has 2 atom stereocenters. The van der Waals surface area contributed by atoms with Gasteiger partial charge in [-0.3, -0.25) is 0 Å². The third-order valence-corrected chi connectivity index (χ3v) is 4.80. The van der Waals surface area contributed by atoms with Crippen LogP contribution in [0.4, 0.5) is 0 Å². The zero-order valence-electron chi connectivity index (χ0n) is 12.9. The van der Waals surface area contributed by atoms with Crippen molar-refractivity contribution < 1.29 is 5.11 Å². The largest absolute Gasteiger partial charge is 0.389 e. The lowest BCUT2D eigenvalue weighted by atomic mass is 9.62. The molecule has 0 radical (unpaired) electrons. The van der Waals surface area contributed by atoms with Crippen LogP contribution in [-0.2, 0) is 6.42 Å². The Balaban J connectivity index is 2.26. The highest BCUT2D eigenvalue weighted by atomic mass is 16.3. The molecule has 106 valence electrons. The predicted molar refractivity (Wildman–Crippen MR) is 81.2 cm³/mol. The van der Waals surface area contributed by atoms with E-state index in [9.17, 15) is 5.11 Å². The van der Waals surface area contributed by atoms with Gasteiger partial charge in [0, 0.05) is 6.42 Å². The van der Waals surface area contributed by atoms with Crippen molar-refractivity contribution in [3.05, 3.63) is 35.4 Å². The molecule has 1 aromatic carbocycles. The van der Waals surface area contributed by atoms with Gasteiger partial charge in [-0.15, -0.1) is 0 Å². The minimum absolute atomic E-state index is 0.178. The number of benzene rings is 1. The maximum absolute atomic E-state index is 11.2. The lowest BCUT2D eigenvalue weighted by Gasteiger charge is -2.47. The van der Waals surface area contributed by atoms with E-state index in [1.165, 1.54) is 17.5 Å². The van der Waals surface area contributed by atoms with Gasteiger partial charge in [0.05, 0.1) is 5.60 Å². The van der Waals surface area contributed by atoms with Crippen LogP contribution in [0.1, 0.15) is 57.6 Å². The molecule has 1 heteroatoms. The van der Waals surface area contributed by atoms with Crippen molar-refractivity contribution in [2.24, 2.45) is 11.3 Å². The highest BCUT2D eigenvalue weighted by Crippen LogP contribution is 2.46. The summed E-state index contributed by atoms with van der Waals surface area (Å²) in [6.07, 6.45) is 5.34. The Morgan fingerprint density at radius 2 is 1.89 bits per heavy atom. The Morgan fingerprint density at radius 1 is 1.21 bits per heavy atom. The fourth-order valence-corrected chi connectivity index (χ4v) is 3.81. The number of hydrogen-bond donors (Lipinski definition) is 1. The van der Waals surface area contributed by atoms with Crippen molar-refractivity contribution in [3.8, 4) is 0 Å². The third kappa shape index (κ3) is 3.20. The summed E-state index contributed by atoms with van der Waals surface area (Å²) < 4.78 is 0. The minimum atomic E-state index is -0.525. The normalized spacial score (nSPS) is 28.4. The molecular weight excluding hydrogens is 232 g/mol. The first kappa shape index (κ1) is 14.6. The van der Waals surface area contributed by atoms with E-state index in [0.717, 1.165) is 25.7 Å². The van der Waals surface area contributed by atoms with Crippen LogP contribution in [0.3, 0.4) is 0 Å². The van der Waals surface area contributed by atoms with E-state index in [0.29, 0.717) is 5.92 Å². The fourth-order valence-electron chi connectivity index (χ4n) is 3.81. The molecule has 0 saturated heterocycles. The standard InChI is InChI=1S/C18H28O/c1-14-9-5-6-10-15(14)13-18(19)12-8-7-11-16(18)17(2,3)4/h5-6,9-10,16,19H,7-8,11-13H2,1-4H3. The SMILES string of the molecule is Cc1ccccc1CC1(O)CCCCC1C(C)(C)C. The van der Waals surface area contributed by atoms with E-state index in [2.05, 4.69) is 52.0 Å². The van der Waals surface area contributed by atoms with Crippen LogP contribution in [0, 0.1) is 18.3 Å². The van der Waals surface area contributed by atoms with Gasteiger partial charge in [-0.05, 0) is 42.2 Å². The van der Waals surface area contributed by atoms with Crippen LogP contribution < -0.4 is 0 Å². The van der Waals surface area contributed by atoms with Crippen LogP contribution in [0.25, 0.3) is 0 Å². The quantitative estimate of drug-likeness (QED) is 0.829. The maximum Gasteiger partial charge on any atom is 0.0721 e. The van der Waals surface area contributed by atoms with Crippen LogP contribution in [0.5, 0.6) is 0 Å². The van der Waals surface area contributed by atoms with Crippen LogP contribution in [0.15, 0.2) is 24.3 Å². The second-order valence-electron chi connectivity index (χ2n) is 7.37. The molecule has 1 fully saturated rings. The van der Waals surface area contributed by atoms with Crippen molar-refractivity contribution in [1.82, 2.24) is 0 Å².